The highest BCUT2D eigenvalue weighted by molar-refractivity contribution is 8.14. The highest BCUT2D eigenvalue weighted by Crippen LogP contribution is 2.24. The predicted octanol–water partition coefficient (Wildman–Crippen LogP) is 3.94. The number of methoxy groups -OCH3 is 1. The number of carbonyl (C=O) groups is 1. The highest BCUT2D eigenvalue weighted by Gasteiger charge is 2.07. The van der Waals surface area contributed by atoms with E-state index in [0.29, 0.717) is 5.56 Å². The van der Waals surface area contributed by atoms with Gasteiger partial charge >= 0.3 is 0 Å². The standard InChI is InChI=1S/C15H14O2S/c1-11-3-9-14(10-4-11)18-15(16)12-5-7-13(17-2)8-6-12/h3-10H,1-2H3. The quantitative estimate of drug-likeness (QED) is 0.780. The smallest absolute Gasteiger partial charge is 0.224 e. The summed E-state index contributed by atoms with van der Waals surface area (Å²) >= 11 is 1.24. The lowest BCUT2D eigenvalue weighted by atomic mass is 10.2. The molecule has 0 saturated heterocycles. The van der Waals surface area contributed by atoms with Gasteiger partial charge in [0.2, 0.25) is 5.12 Å². The Morgan fingerprint density at radius 1 is 1.00 bits per heavy atom. The molecular weight excluding hydrogens is 244 g/mol. The Morgan fingerprint density at radius 2 is 1.61 bits per heavy atom. The van der Waals surface area contributed by atoms with Crippen molar-refractivity contribution >= 4 is 16.9 Å². The summed E-state index contributed by atoms with van der Waals surface area (Å²) in [5, 5.41) is 0.0431. The number of carbonyl (C=O) groups excluding carboxylic acids is 1. The van der Waals surface area contributed by atoms with Gasteiger partial charge in [-0.25, -0.2) is 0 Å². The summed E-state index contributed by atoms with van der Waals surface area (Å²) in [6.07, 6.45) is 0. The molecule has 0 saturated carbocycles. The molecule has 0 fully saturated rings. The van der Waals surface area contributed by atoms with Crippen molar-refractivity contribution in [2.75, 3.05) is 7.11 Å². The van der Waals surface area contributed by atoms with E-state index in [4.69, 9.17) is 4.74 Å². The van der Waals surface area contributed by atoms with Gasteiger partial charge in [-0.3, -0.25) is 4.79 Å². The second kappa shape index (κ2) is 5.74. The minimum absolute atomic E-state index is 0.0431. The van der Waals surface area contributed by atoms with Crippen LogP contribution in [0, 0.1) is 6.92 Å². The lowest BCUT2D eigenvalue weighted by Gasteiger charge is -2.03. The summed E-state index contributed by atoms with van der Waals surface area (Å²) in [4.78, 5) is 13.0. The summed E-state index contributed by atoms with van der Waals surface area (Å²) in [6.45, 7) is 2.03. The summed E-state index contributed by atoms with van der Waals surface area (Å²) in [7, 11) is 1.61. The van der Waals surface area contributed by atoms with Gasteiger partial charge in [-0.15, -0.1) is 0 Å². The maximum Gasteiger partial charge on any atom is 0.224 e. The zero-order chi connectivity index (χ0) is 13.0. The molecule has 0 aliphatic carbocycles. The molecule has 0 heterocycles. The average molecular weight is 258 g/mol. The van der Waals surface area contributed by atoms with Gasteiger partial charge < -0.3 is 4.74 Å². The lowest BCUT2D eigenvalue weighted by Crippen LogP contribution is -1.93. The largest absolute Gasteiger partial charge is 0.497 e. The Morgan fingerprint density at radius 3 is 2.17 bits per heavy atom. The van der Waals surface area contributed by atoms with Gasteiger partial charge in [0.05, 0.1) is 7.11 Å². The SMILES string of the molecule is COc1ccc(C(=O)Sc2ccc(C)cc2)cc1. The van der Waals surface area contributed by atoms with Gasteiger partial charge in [0.1, 0.15) is 5.75 Å². The second-order valence-corrected chi connectivity index (χ2v) is 4.98. The third-order valence-electron chi connectivity index (χ3n) is 2.56. The van der Waals surface area contributed by atoms with Crippen molar-refractivity contribution in [1.29, 1.82) is 0 Å². The lowest BCUT2D eigenvalue weighted by molar-refractivity contribution is 0.108. The van der Waals surface area contributed by atoms with Gasteiger partial charge in [-0.05, 0) is 55.1 Å². The summed E-state index contributed by atoms with van der Waals surface area (Å²) < 4.78 is 5.06. The van der Waals surface area contributed by atoms with E-state index in [1.165, 1.54) is 17.3 Å². The van der Waals surface area contributed by atoms with Crippen molar-refractivity contribution < 1.29 is 9.53 Å². The number of hydrogen-bond acceptors (Lipinski definition) is 3. The van der Waals surface area contributed by atoms with Gasteiger partial charge in [0, 0.05) is 10.5 Å². The molecule has 0 amide bonds. The second-order valence-electron chi connectivity index (χ2n) is 3.93. The molecule has 0 aromatic heterocycles. The maximum atomic E-state index is 12.0. The van der Waals surface area contributed by atoms with Crippen LogP contribution in [-0.4, -0.2) is 12.2 Å². The number of aryl methyl sites for hydroxylation is 1. The van der Waals surface area contributed by atoms with Gasteiger partial charge in [0.25, 0.3) is 0 Å². The number of hydrogen-bond donors (Lipinski definition) is 0. The van der Waals surface area contributed by atoms with E-state index in [9.17, 15) is 4.79 Å². The van der Waals surface area contributed by atoms with Crippen LogP contribution in [0.4, 0.5) is 0 Å². The summed E-state index contributed by atoms with van der Waals surface area (Å²) in [6, 6.07) is 15.1. The van der Waals surface area contributed by atoms with Gasteiger partial charge in [-0.2, -0.15) is 0 Å². The molecule has 2 aromatic carbocycles. The molecule has 0 spiro atoms. The maximum absolute atomic E-state index is 12.0. The topological polar surface area (TPSA) is 26.3 Å². The van der Waals surface area contributed by atoms with Gasteiger partial charge in [-0.1, -0.05) is 17.7 Å². The Balaban J connectivity index is 2.09. The molecule has 2 rings (SSSR count). The van der Waals surface area contributed by atoms with E-state index < -0.39 is 0 Å². The Labute approximate surface area is 111 Å². The van der Waals surface area contributed by atoms with Crippen molar-refractivity contribution in [3.05, 3.63) is 59.7 Å². The van der Waals surface area contributed by atoms with Crippen LogP contribution in [0.25, 0.3) is 0 Å². The number of ether oxygens (including phenoxy) is 1. The fourth-order valence-electron chi connectivity index (χ4n) is 1.50. The van der Waals surface area contributed by atoms with E-state index in [1.807, 2.05) is 31.2 Å². The van der Waals surface area contributed by atoms with E-state index >= 15 is 0 Å². The molecular formula is C15H14O2S. The summed E-state index contributed by atoms with van der Waals surface area (Å²) in [5.74, 6) is 0.756. The molecule has 0 radical (unpaired) electrons. The van der Waals surface area contributed by atoms with Crippen LogP contribution >= 0.6 is 11.8 Å². The first kappa shape index (κ1) is 12.7. The molecule has 18 heavy (non-hydrogen) atoms. The van der Waals surface area contributed by atoms with Crippen LogP contribution in [0.15, 0.2) is 53.4 Å². The van der Waals surface area contributed by atoms with Crippen molar-refractivity contribution in [2.45, 2.75) is 11.8 Å². The molecule has 0 atom stereocenters. The number of thioether (sulfide) groups is 1. The zero-order valence-electron chi connectivity index (χ0n) is 10.3. The van der Waals surface area contributed by atoms with E-state index in [1.54, 1.807) is 31.4 Å². The van der Waals surface area contributed by atoms with Crippen LogP contribution in [0.5, 0.6) is 5.75 Å². The van der Waals surface area contributed by atoms with Gasteiger partial charge in [0.15, 0.2) is 0 Å². The fourth-order valence-corrected chi connectivity index (χ4v) is 2.24. The third-order valence-corrected chi connectivity index (χ3v) is 3.49. The molecule has 0 aliphatic heterocycles. The zero-order valence-corrected chi connectivity index (χ0v) is 11.2. The Bertz CT molecular complexity index is 529. The molecule has 0 N–H and O–H groups in total. The van der Waals surface area contributed by atoms with Crippen LogP contribution in [0.1, 0.15) is 15.9 Å². The van der Waals surface area contributed by atoms with Crippen LogP contribution in [0.3, 0.4) is 0 Å². The number of rotatable bonds is 3. The fraction of sp³-hybridized carbons (Fsp3) is 0.133. The average Bonchev–Trinajstić information content (AvgIpc) is 2.41. The molecule has 0 bridgehead atoms. The monoisotopic (exact) mass is 258 g/mol. The molecule has 0 unspecified atom stereocenters. The Hall–Kier alpha value is -1.74. The first-order valence-electron chi connectivity index (χ1n) is 5.62. The minimum atomic E-state index is 0.0431. The predicted molar refractivity (Wildman–Crippen MR) is 74.4 cm³/mol. The first-order valence-corrected chi connectivity index (χ1v) is 6.43. The van der Waals surface area contributed by atoms with Crippen molar-refractivity contribution in [1.82, 2.24) is 0 Å². The third kappa shape index (κ3) is 3.14. The van der Waals surface area contributed by atoms with E-state index in [0.717, 1.165) is 10.6 Å². The van der Waals surface area contributed by atoms with Crippen LogP contribution < -0.4 is 4.74 Å². The minimum Gasteiger partial charge on any atom is -0.497 e. The van der Waals surface area contributed by atoms with Crippen LogP contribution in [0.2, 0.25) is 0 Å². The highest BCUT2D eigenvalue weighted by atomic mass is 32.2. The molecule has 3 heteroatoms. The van der Waals surface area contributed by atoms with Crippen molar-refractivity contribution in [2.24, 2.45) is 0 Å². The normalized spacial score (nSPS) is 10.1. The van der Waals surface area contributed by atoms with E-state index in [-0.39, 0.29) is 5.12 Å². The number of benzene rings is 2. The first-order chi connectivity index (χ1) is 8.69. The van der Waals surface area contributed by atoms with Crippen molar-refractivity contribution in [3.8, 4) is 5.75 Å². The van der Waals surface area contributed by atoms with Crippen LogP contribution in [-0.2, 0) is 0 Å². The molecule has 2 nitrogen and oxygen atoms in total. The molecule has 0 aliphatic rings. The molecule has 2 aromatic rings. The Kier molecular flexibility index (Phi) is 4.05. The van der Waals surface area contributed by atoms with E-state index in [2.05, 4.69) is 0 Å². The van der Waals surface area contributed by atoms with Crippen molar-refractivity contribution in [3.63, 3.8) is 0 Å². The molecule has 92 valence electrons. The summed E-state index contributed by atoms with van der Waals surface area (Å²) in [5.41, 5.74) is 1.87.